The van der Waals surface area contributed by atoms with Gasteiger partial charge in [-0.25, -0.2) is 10.5 Å². The number of nitrogens with two attached hydrogens (primary N) is 1. The van der Waals surface area contributed by atoms with Crippen molar-refractivity contribution in [2.24, 2.45) is 16.1 Å². The molecule has 1 saturated carbocycles. The molecule has 10 heavy (non-hydrogen) atoms. The number of hydrogen-bond acceptors (Lipinski definition) is 2. The zero-order chi connectivity index (χ0) is 7.78. The van der Waals surface area contributed by atoms with Crippen LogP contribution in [0.2, 0.25) is 0 Å². The molecule has 1 fully saturated rings. The van der Waals surface area contributed by atoms with Gasteiger partial charge in [0.1, 0.15) is 0 Å². The van der Waals surface area contributed by atoms with Crippen molar-refractivity contribution in [1.82, 2.24) is 5.48 Å². The Hall–Kier alpha value is -0.770. The molecule has 0 spiro atoms. The lowest BCUT2D eigenvalue weighted by Gasteiger charge is -1.98. The van der Waals surface area contributed by atoms with E-state index < -0.39 is 0 Å². The molecule has 1 unspecified atom stereocenters. The van der Waals surface area contributed by atoms with Gasteiger partial charge in [0.2, 0.25) is 5.96 Å². The zero-order valence-corrected chi connectivity index (χ0v) is 6.26. The quantitative estimate of drug-likeness (QED) is 0.276. The van der Waals surface area contributed by atoms with E-state index in [1.54, 1.807) is 5.48 Å². The Morgan fingerprint density at radius 1 is 1.80 bits per heavy atom. The van der Waals surface area contributed by atoms with E-state index in [0.717, 1.165) is 6.42 Å². The summed E-state index contributed by atoms with van der Waals surface area (Å²) in [6.45, 7) is 4.23. The molecule has 4 nitrogen and oxygen atoms in total. The van der Waals surface area contributed by atoms with E-state index in [-0.39, 0.29) is 17.4 Å². The molecule has 4 heteroatoms. The first kappa shape index (κ1) is 7.34. The number of aliphatic imine (C=N–C) groups is 1. The van der Waals surface area contributed by atoms with E-state index in [4.69, 9.17) is 10.9 Å². The summed E-state index contributed by atoms with van der Waals surface area (Å²) < 4.78 is 0. The van der Waals surface area contributed by atoms with Gasteiger partial charge in [-0.1, -0.05) is 13.8 Å². The minimum Gasteiger partial charge on any atom is -0.368 e. The monoisotopic (exact) mass is 143 g/mol. The summed E-state index contributed by atoms with van der Waals surface area (Å²) in [6, 6.07) is 0.284. The van der Waals surface area contributed by atoms with Gasteiger partial charge < -0.3 is 5.73 Å². The highest BCUT2D eigenvalue weighted by Crippen LogP contribution is 2.47. The Kier molecular flexibility index (Phi) is 1.56. The number of nitrogens with zero attached hydrogens (tertiary/aromatic N) is 1. The molecule has 0 bridgehead atoms. The molecule has 0 heterocycles. The Bertz CT molecular complexity index is 164. The Morgan fingerprint density at radius 3 is 2.60 bits per heavy atom. The summed E-state index contributed by atoms with van der Waals surface area (Å²) >= 11 is 0. The van der Waals surface area contributed by atoms with Crippen molar-refractivity contribution in [3.8, 4) is 0 Å². The molecule has 4 N–H and O–H groups in total. The lowest BCUT2D eigenvalue weighted by molar-refractivity contribution is 0.232. The lowest BCUT2D eigenvalue weighted by Crippen LogP contribution is -2.29. The third-order valence-electron chi connectivity index (χ3n) is 1.87. The average Bonchev–Trinajstić information content (AvgIpc) is 2.40. The van der Waals surface area contributed by atoms with Crippen LogP contribution in [0, 0.1) is 5.41 Å². The predicted octanol–water partition coefficient (Wildman–Crippen LogP) is 0.0784. The van der Waals surface area contributed by atoms with E-state index in [1.807, 2.05) is 0 Å². The minimum atomic E-state index is 0.107. The van der Waals surface area contributed by atoms with Crippen LogP contribution in [0.4, 0.5) is 0 Å². The van der Waals surface area contributed by atoms with E-state index in [9.17, 15) is 0 Å². The van der Waals surface area contributed by atoms with Gasteiger partial charge in [-0.05, 0) is 11.8 Å². The van der Waals surface area contributed by atoms with Crippen molar-refractivity contribution in [1.29, 1.82) is 0 Å². The van der Waals surface area contributed by atoms with E-state index in [2.05, 4.69) is 18.8 Å². The summed E-state index contributed by atoms with van der Waals surface area (Å²) in [5.41, 5.74) is 7.30. The highest BCUT2D eigenvalue weighted by Gasteiger charge is 2.45. The Labute approximate surface area is 60.1 Å². The highest BCUT2D eigenvalue weighted by molar-refractivity contribution is 5.77. The lowest BCUT2D eigenvalue weighted by atomic mass is 10.2. The molecule has 0 saturated heterocycles. The summed E-state index contributed by atoms with van der Waals surface area (Å²) in [7, 11) is 0. The van der Waals surface area contributed by atoms with Crippen LogP contribution in [0.5, 0.6) is 0 Å². The fraction of sp³-hybridized carbons (Fsp3) is 0.833. The van der Waals surface area contributed by atoms with Gasteiger partial charge in [0.25, 0.3) is 0 Å². The number of rotatable bonds is 1. The van der Waals surface area contributed by atoms with Crippen molar-refractivity contribution < 1.29 is 5.21 Å². The van der Waals surface area contributed by atoms with Crippen LogP contribution >= 0.6 is 0 Å². The van der Waals surface area contributed by atoms with Crippen LogP contribution in [0.15, 0.2) is 4.99 Å². The van der Waals surface area contributed by atoms with Gasteiger partial charge in [-0.2, -0.15) is 0 Å². The maximum atomic E-state index is 8.28. The van der Waals surface area contributed by atoms with Crippen LogP contribution in [-0.4, -0.2) is 17.2 Å². The molecule has 1 atom stereocenters. The first-order valence-corrected chi connectivity index (χ1v) is 3.29. The normalized spacial score (nSPS) is 29.9. The van der Waals surface area contributed by atoms with Gasteiger partial charge in [-0.15, -0.1) is 0 Å². The number of hydrogen-bond donors (Lipinski definition) is 3. The Balaban J connectivity index is 2.42. The largest absolute Gasteiger partial charge is 0.368 e. The maximum absolute atomic E-state index is 8.28. The standard InChI is InChI=1S/C6H13N3O/c1-6(2)3-4(6)8-5(7)9-10/h4,10H,3H2,1-2H3,(H3,7,8,9). The van der Waals surface area contributed by atoms with Gasteiger partial charge in [-0.3, -0.25) is 5.21 Å². The highest BCUT2D eigenvalue weighted by atomic mass is 16.5. The number of hydroxylamine groups is 1. The molecule has 0 aromatic rings. The fourth-order valence-electron chi connectivity index (χ4n) is 0.857. The third kappa shape index (κ3) is 1.39. The molecule has 1 rings (SSSR count). The zero-order valence-electron chi connectivity index (χ0n) is 6.26. The smallest absolute Gasteiger partial charge is 0.213 e. The van der Waals surface area contributed by atoms with Crippen LogP contribution in [-0.2, 0) is 0 Å². The summed E-state index contributed by atoms with van der Waals surface area (Å²) in [6.07, 6.45) is 1.05. The van der Waals surface area contributed by atoms with Crippen molar-refractivity contribution in [3.63, 3.8) is 0 Å². The molecule has 0 aromatic carbocycles. The molecular weight excluding hydrogens is 130 g/mol. The van der Waals surface area contributed by atoms with Gasteiger partial charge >= 0.3 is 0 Å². The van der Waals surface area contributed by atoms with Gasteiger partial charge in [0, 0.05) is 0 Å². The first-order valence-electron chi connectivity index (χ1n) is 3.29. The van der Waals surface area contributed by atoms with Crippen LogP contribution < -0.4 is 11.2 Å². The molecule has 0 aliphatic heterocycles. The summed E-state index contributed by atoms with van der Waals surface area (Å²) in [5, 5.41) is 8.28. The third-order valence-corrected chi connectivity index (χ3v) is 1.87. The topological polar surface area (TPSA) is 70.6 Å². The summed E-state index contributed by atoms with van der Waals surface area (Å²) in [4.78, 5) is 3.99. The molecule has 1 aliphatic rings. The van der Waals surface area contributed by atoms with Gasteiger partial charge in [0.05, 0.1) is 6.04 Å². The van der Waals surface area contributed by atoms with Crippen molar-refractivity contribution in [2.75, 3.05) is 0 Å². The fourth-order valence-corrected chi connectivity index (χ4v) is 0.857. The van der Waals surface area contributed by atoms with Crippen molar-refractivity contribution in [2.45, 2.75) is 26.3 Å². The van der Waals surface area contributed by atoms with Crippen LogP contribution in [0.1, 0.15) is 20.3 Å². The Morgan fingerprint density at radius 2 is 2.30 bits per heavy atom. The first-order chi connectivity index (χ1) is 4.56. The average molecular weight is 143 g/mol. The van der Waals surface area contributed by atoms with Crippen molar-refractivity contribution in [3.05, 3.63) is 0 Å². The molecule has 0 amide bonds. The second-order valence-electron chi connectivity index (χ2n) is 3.33. The SMILES string of the molecule is CC1(C)CC1N=C(N)NO. The second kappa shape index (κ2) is 2.12. The van der Waals surface area contributed by atoms with E-state index >= 15 is 0 Å². The van der Waals surface area contributed by atoms with Gasteiger partial charge in [0.15, 0.2) is 0 Å². The van der Waals surface area contributed by atoms with E-state index in [0.29, 0.717) is 0 Å². The summed E-state index contributed by atoms with van der Waals surface area (Å²) in [5.74, 6) is 0.107. The molecule has 1 aliphatic carbocycles. The predicted molar refractivity (Wildman–Crippen MR) is 38.7 cm³/mol. The maximum Gasteiger partial charge on any atom is 0.213 e. The minimum absolute atomic E-state index is 0.107. The number of guanidine groups is 1. The van der Waals surface area contributed by atoms with Crippen molar-refractivity contribution >= 4 is 5.96 Å². The van der Waals surface area contributed by atoms with Crippen LogP contribution in [0.25, 0.3) is 0 Å². The molecule has 0 aromatic heterocycles. The molecule has 58 valence electrons. The molecule has 0 radical (unpaired) electrons. The second-order valence-corrected chi connectivity index (χ2v) is 3.33. The van der Waals surface area contributed by atoms with E-state index in [1.165, 1.54) is 0 Å². The number of nitrogens with one attached hydrogen (secondary N) is 1. The van der Waals surface area contributed by atoms with Crippen LogP contribution in [0.3, 0.4) is 0 Å². The molecular formula is C6H13N3O.